The van der Waals surface area contributed by atoms with Crippen LogP contribution in [0.4, 0.5) is 0 Å². The van der Waals surface area contributed by atoms with Gasteiger partial charge in [-0.2, -0.15) is 0 Å². The Morgan fingerprint density at radius 3 is 2.07 bits per heavy atom. The molecule has 2 nitrogen and oxygen atoms in total. The normalized spacial score (nSPS) is 15.4. The first kappa shape index (κ1) is 19.7. The van der Waals surface area contributed by atoms with Crippen LogP contribution in [0.3, 0.4) is 0 Å². The maximum absolute atomic E-state index is 11.9. The van der Waals surface area contributed by atoms with Crippen LogP contribution in [0.15, 0.2) is 107 Å². The molecule has 0 N–H and O–H groups in total. The number of Topliss-reactive ketones (excluding diaryl/α,β-unsaturated/α-hetero) is 1. The average molecular weight is 489 g/mol. The molecule has 0 aromatic heterocycles. The Labute approximate surface area is 179 Å². The van der Waals surface area contributed by atoms with Gasteiger partial charge >= 0.3 is 180 Å². The standard InChI is InChI=1S/C14H13O2.2C6H5.Sb/c1-11(15)13-8-4-5-9-14(13)16-10-12-6-2-3-7-12;2*1-2-4-6-5-3-1;/h2-6,8-9,12H,10H2,1H3;2*1-5H;. The summed E-state index contributed by atoms with van der Waals surface area (Å²) in [6.45, 7) is 2.13. The van der Waals surface area contributed by atoms with Gasteiger partial charge in [-0.25, -0.2) is 0 Å². The minimum atomic E-state index is -2.12. The molecule has 0 heterocycles. The Hall–Kier alpha value is -2.57. The van der Waals surface area contributed by atoms with Crippen molar-refractivity contribution in [2.45, 2.75) is 6.92 Å². The fourth-order valence-electron chi connectivity index (χ4n) is 3.56. The van der Waals surface area contributed by atoms with E-state index in [2.05, 4.69) is 78.9 Å². The van der Waals surface area contributed by atoms with E-state index >= 15 is 0 Å². The summed E-state index contributed by atoms with van der Waals surface area (Å²) in [4.78, 5) is 11.9. The van der Waals surface area contributed by atoms with Crippen LogP contribution >= 0.6 is 0 Å². The SMILES string of the molecule is CC(=O)c1ccccc1OCC1C=CC=[C]1[Sb]([c]1ccccc1)[c]1ccccc1. The van der Waals surface area contributed by atoms with Crippen LogP contribution in [0.1, 0.15) is 17.3 Å². The van der Waals surface area contributed by atoms with Crippen molar-refractivity contribution in [2.24, 2.45) is 5.92 Å². The van der Waals surface area contributed by atoms with Gasteiger partial charge in [-0.3, -0.25) is 0 Å². The van der Waals surface area contributed by atoms with Gasteiger partial charge in [-0.15, -0.1) is 0 Å². The monoisotopic (exact) mass is 488 g/mol. The van der Waals surface area contributed by atoms with Crippen molar-refractivity contribution in [3.63, 3.8) is 0 Å². The molecule has 3 aromatic rings. The number of carbonyl (C=O) groups is 1. The van der Waals surface area contributed by atoms with E-state index < -0.39 is 20.2 Å². The van der Waals surface area contributed by atoms with E-state index in [0.29, 0.717) is 17.9 Å². The molecule has 1 atom stereocenters. The van der Waals surface area contributed by atoms with Crippen molar-refractivity contribution in [1.82, 2.24) is 0 Å². The van der Waals surface area contributed by atoms with Gasteiger partial charge in [0.15, 0.2) is 0 Å². The summed E-state index contributed by atoms with van der Waals surface area (Å²) in [6, 6.07) is 29.2. The van der Waals surface area contributed by atoms with Crippen molar-refractivity contribution >= 4 is 33.0 Å². The second kappa shape index (κ2) is 9.28. The van der Waals surface area contributed by atoms with E-state index in [9.17, 15) is 4.79 Å². The third kappa shape index (κ3) is 4.54. The fourth-order valence-corrected chi connectivity index (χ4v) is 10.9. The molecule has 1 aliphatic rings. The van der Waals surface area contributed by atoms with Gasteiger partial charge in [0.2, 0.25) is 0 Å². The fraction of sp³-hybridized carbons (Fsp3) is 0.115. The van der Waals surface area contributed by atoms with Crippen molar-refractivity contribution in [2.75, 3.05) is 6.61 Å². The van der Waals surface area contributed by atoms with E-state index in [4.69, 9.17) is 4.74 Å². The number of rotatable bonds is 7. The molecule has 144 valence electrons. The van der Waals surface area contributed by atoms with Gasteiger partial charge in [-0.1, -0.05) is 0 Å². The average Bonchev–Trinajstić information content (AvgIpc) is 3.22. The van der Waals surface area contributed by atoms with E-state index in [0.717, 1.165) is 0 Å². The Balaban J connectivity index is 1.61. The van der Waals surface area contributed by atoms with Crippen LogP contribution in [-0.4, -0.2) is 32.6 Å². The summed E-state index contributed by atoms with van der Waals surface area (Å²) in [7, 11) is 0. The van der Waals surface area contributed by atoms with E-state index in [1.54, 1.807) is 6.92 Å². The molecular weight excluding hydrogens is 466 g/mol. The third-order valence-corrected chi connectivity index (χ3v) is 12.5. The molecule has 0 aliphatic heterocycles. The molecule has 1 unspecified atom stereocenters. The predicted octanol–water partition coefficient (Wildman–Crippen LogP) is 4.23. The van der Waals surface area contributed by atoms with Gasteiger partial charge in [0, 0.05) is 0 Å². The molecule has 0 saturated heterocycles. The summed E-state index contributed by atoms with van der Waals surface area (Å²) in [5.41, 5.74) is 0.642. The first-order valence-corrected chi connectivity index (χ1v) is 13.6. The second-order valence-electron chi connectivity index (χ2n) is 6.95. The number of ether oxygens (including phenoxy) is 1. The number of allylic oxidation sites excluding steroid dienone is 2. The van der Waals surface area contributed by atoms with Gasteiger partial charge in [0.05, 0.1) is 0 Å². The predicted molar refractivity (Wildman–Crippen MR) is 121 cm³/mol. The Morgan fingerprint density at radius 1 is 0.862 bits per heavy atom. The molecule has 4 rings (SSSR count). The second-order valence-corrected chi connectivity index (χ2v) is 13.3. The number of para-hydroxylation sites is 1. The van der Waals surface area contributed by atoms with Crippen LogP contribution in [0.5, 0.6) is 5.75 Å². The number of hydrogen-bond acceptors (Lipinski definition) is 2. The van der Waals surface area contributed by atoms with Crippen molar-refractivity contribution in [1.29, 1.82) is 0 Å². The Morgan fingerprint density at radius 2 is 1.45 bits per heavy atom. The van der Waals surface area contributed by atoms with Crippen LogP contribution < -0.4 is 11.8 Å². The van der Waals surface area contributed by atoms with Crippen molar-refractivity contribution in [3.05, 3.63) is 112 Å². The molecule has 3 heteroatoms. The quantitative estimate of drug-likeness (QED) is 0.367. The minimum absolute atomic E-state index is 0.0298. The van der Waals surface area contributed by atoms with Crippen molar-refractivity contribution in [3.8, 4) is 5.75 Å². The van der Waals surface area contributed by atoms with Crippen LogP contribution in [-0.2, 0) is 0 Å². The van der Waals surface area contributed by atoms with Crippen LogP contribution in [0.2, 0.25) is 0 Å². The van der Waals surface area contributed by atoms with Crippen LogP contribution in [0, 0.1) is 5.92 Å². The molecule has 3 aromatic carbocycles. The molecule has 0 spiro atoms. The van der Waals surface area contributed by atoms with Crippen LogP contribution in [0.25, 0.3) is 0 Å². The summed E-state index contributed by atoms with van der Waals surface area (Å²) in [5, 5.41) is 0. The molecular formula is C26H23O2Sb. The van der Waals surface area contributed by atoms with Crippen molar-refractivity contribution < 1.29 is 9.53 Å². The van der Waals surface area contributed by atoms with Gasteiger partial charge in [0.25, 0.3) is 0 Å². The zero-order valence-corrected chi connectivity index (χ0v) is 18.9. The third-order valence-electron chi connectivity index (χ3n) is 4.96. The Bertz CT molecular complexity index is 999. The van der Waals surface area contributed by atoms with E-state index in [1.165, 1.54) is 10.5 Å². The van der Waals surface area contributed by atoms with Gasteiger partial charge in [0.1, 0.15) is 0 Å². The number of carbonyl (C=O) groups excluding carboxylic acids is 1. The summed E-state index contributed by atoms with van der Waals surface area (Å²) in [5.74, 6) is 0.934. The topological polar surface area (TPSA) is 26.3 Å². The first-order valence-electron chi connectivity index (χ1n) is 9.75. The van der Waals surface area contributed by atoms with E-state index in [1.807, 2.05) is 24.3 Å². The summed E-state index contributed by atoms with van der Waals surface area (Å²) in [6.07, 6.45) is 6.67. The molecule has 1 aliphatic carbocycles. The number of hydrogen-bond donors (Lipinski definition) is 0. The number of benzene rings is 3. The molecule has 0 fully saturated rings. The van der Waals surface area contributed by atoms with Gasteiger partial charge in [-0.05, 0) is 0 Å². The first-order chi connectivity index (χ1) is 14.2. The van der Waals surface area contributed by atoms with Gasteiger partial charge < -0.3 is 0 Å². The Kier molecular flexibility index (Phi) is 6.32. The molecule has 29 heavy (non-hydrogen) atoms. The zero-order chi connectivity index (χ0) is 20.1. The molecule has 0 bridgehead atoms. The molecule has 0 amide bonds. The number of ketones is 1. The summed E-state index contributed by atoms with van der Waals surface area (Å²) >= 11 is -2.12. The maximum atomic E-state index is 11.9. The zero-order valence-electron chi connectivity index (χ0n) is 16.4. The van der Waals surface area contributed by atoms with E-state index in [-0.39, 0.29) is 11.7 Å². The molecule has 0 radical (unpaired) electrons. The molecule has 0 saturated carbocycles. The summed E-state index contributed by atoms with van der Waals surface area (Å²) < 4.78 is 10.5.